The van der Waals surface area contributed by atoms with E-state index in [2.05, 4.69) is 58.6 Å². The van der Waals surface area contributed by atoms with Crippen molar-refractivity contribution in [1.29, 1.82) is 0 Å². The van der Waals surface area contributed by atoms with Crippen molar-refractivity contribution in [2.24, 2.45) is 5.16 Å². The second-order valence-electron chi connectivity index (χ2n) is 5.88. The van der Waals surface area contributed by atoms with Gasteiger partial charge in [-0.05, 0) is 30.4 Å². The summed E-state index contributed by atoms with van der Waals surface area (Å²) in [6, 6.07) is 21.2. The molecule has 1 N–H and O–H groups in total. The summed E-state index contributed by atoms with van der Waals surface area (Å²) >= 11 is 0. The average molecular weight is 294 g/mol. The van der Waals surface area contributed by atoms with E-state index in [1.165, 1.54) is 11.1 Å². The van der Waals surface area contributed by atoms with Gasteiger partial charge >= 0.3 is 0 Å². The molecule has 0 radical (unpaired) electrons. The molecule has 2 aromatic rings. The molecule has 0 bridgehead atoms. The number of benzene rings is 2. The molecule has 0 aromatic heterocycles. The third-order valence-corrected chi connectivity index (χ3v) is 4.32. The largest absolute Gasteiger partial charge is 0.411 e. The highest BCUT2D eigenvalue weighted by Crippen LogP contribution is 2.25. The Morgan fingerprint density at radius 1 is 0.909 bits per heavy atom. The Morgan fingerprint density at radius 2 is 1.45 bits per heavy atom. The lowest BCUT2D eigenvalue weighted by atomic mass is 10.1. The summed E-state index contributed by atoms with van der Waals surface area (Å²) in [6.45, 7) is 1.75. The molecule has 1 atom stereocenters. The first-order valence-electron chi connectivity index (χ1n) is 7.89. The minimum absolute atomic E-state index is 0.241. The van der Waals surface area contributed by atoms with Crippen molar-refractivity contribution in [3.63, 3.8) is 0 Å². The Bertz CT molecular complexity index is 568. The van der Waals surface area contributed by atoms with Gasteiger partial charge in [0.05, 0.1) is 11.8 Å². The van der Waals surface area contributed by atoms with Crippen molar-refractivity contribution in [2.75, 3.05) is 0 Å². The first-order valence-corrected chi connectivity index (χ1v) is 7.89. The van der Waals surface area contributed by atoms with Crippen LogP contribution in [0.1, 0.15) is 30.4 Å². The minimum atomic E-state index is 0.241. The average Bonchev–Trinajstić information content (AvgIpc) is 3.05. The van der Waals surface area contributed by atoms with Gasteiger partial charge in [0.25, 0.3) is 0 Å². The molecule has 0 saturated heterocycles. The van der Waals surface area contributed by atoms with Crippen molar-refractivity contribution in [3.8, 4) is 0 Å². The van der Waals surface area contributed by atoms with Crippen LogP contribution in [0.2, 0.25) is 0 Å². The highest BCUT2D eigenvalue weighted by Gasteiger charge is 2.29. The normalized spacial score (nSPS) is 19.9. The van der Waals surface area contributed by atoms with Crippen molar-refractivity contribution < 1.29 is 5.21 Å². The molecule has 0 spiro atoms. The Hall–Kier alpha value is -2.13. The SMILES string of the molecule is O/N=C1\CCC[C@@H]1N(Cc1ccccc1)Cc1ccccc1. The van der Waals surface area contributed by atoms with E-state index >= 15 is 0 Å². The van der Waals surface area contributed by atoms with Gasteiger partial charge in [0.15, 0.2) is 0 Å². The van der Waals surface area contributed by atoms with E-state index in [4.69, 9.17) is 0 Å². The number of nitrogens with zero attached hydrogens (tertiary/aromatic N) is 2. The van der Waals surface area contributed by atoms with Gasteiger partial charge in [-0.2, -0.15) is 0 Å². The molecule has 1 aliphatic carbocycles. The zero-order chi connectivity index (χ0) is 15.2. The standard InChI is InChI=1S/C19H22N2O/c22-20-18-12-7-13-19(18)21(14-16-8-3-1-4-9-16)15-17-10-5-2-6-11-17/h1-6,8-11,19,22H,7,12-15H2/b20-18+/t19-/m0/s1. The second-order valence-corrected chi connectivity index (χ2v) is 5.88. The van der Waals surface area contributed by atoms with Crippen molar-refractivity contribution in [3.05, 3.63) is 71.8 Å². The van der Waals surface area contributed by atoms with Crippen molar-refractivity contribution in [2.45, 2.75) is 38.4 Å². The third-order valence-electron chi connectivity index (χ3n) is 4.32. The van der Waals surface area contributed by atoms with Gasteiger partial charge in [0.1, 0.15) is 0 Å². The Morgan fingerprint density at radius 3 is 1.95 bits per heavy atom. The predicted molar refractivity (Wildman–Crippen MR) is 89.0 cm³/mol. The van der Waals surface area contributed by atoms with Crippen LogP contribution in [0.25, 0.3) is 0 Å². The summed E-state index contributed by atoms with van der Waals surface area (Å²) in [5.74, 6) is 0. The zero-order valence-electron chi connectivity index (χ0n) is 12.7. The van der Waals surface area contributed by atoms with E-state index < -0.39 is 0 Å². The molecule has 3 rings (SSSR count). The number of oxime groups is 1. The van der Waals surface area contributed by atoms with Gasteiger partial charge < -0.3 is 5.21 Å². The number of hydrogen-bond acceptors (Lipinski definition) is 3. The van der Waals surface area contributed by atoms with Crippen molar-refractivity contribution in [1.82, 2.24) is 4.90 Å². The summed E-state index contributed by atoms with van der Waals surface area (Å²) in [5, 5.41) is 12.8. The highest BCUT2D eigenvalue weighted by molar-refractivity contribution is 5.90. The van der Waals surface area contributed by atoms with E-state index in [1.54, 1.807) is 0 Å². The Kier molecular flexibility index (Phi) is 4.86. The summed E-state index contributed by atoms with van der Waals surface area (Å²) in [7, 11) is 0. The van der Waals surface area contributed by atoms with E-state index in [0.29, 0.717) is 0 Å². The molecular formula is C19H22N2O. The van der Waals surface area contributed by atoms with Gasteiger partial charge in [-0.1, -0.05) is 65.8 Å². The summed E-state index contributed by atoms with van der Waals surface area (Å²) in [4.78, 5) is 2.42. The van der Waals surface area contributed by atoms with Gasteiger partial charge in [-0.3, -0.25) is 4.90 Å². The summed E-state index contributed by atoms with van der Waals surface area (Å²) in [6.07, 6.45) is 3.07. The van der Waals surface area contributed by atoms with Gasteiger partial charge in [0.2, 0.25) is 0 Å². The van der Waals surface area contributed by atoms with Crippen LogP contribution in [0.5, 0.6) is 0 Å². The first kappa shape index (κ1) is 14.8. The van der Waals surface area contributed by atoms with Crippen LogP contribution in [-0.4, -0.2) is 21.9 Å². The molecule has 1 saturated carbocycles. The fourth-order valence-corrected chi connectivity index (χ4v) is 3.23. The fraction of sp³-hybridized carbons (Fsp3) is 0.316. The lowest BCUT2D eigenvalue weighted by molar-refractivity contribution is 0.216. The van der Waals surface area contributed by atoms with Crippen LogP contribution in [0.15, 0.2) is 65.8 Å². The van der Waals surface area contributed by atoms with E-state index in [1.807, 2.05) is 12.1 Å². The molecule has 0 unspecified atom stereocenters. The topological polar surface area (TPSA) is 35.8 Å². The Balaban J connectivity index is 1.81. The maximum atomic E-state index is 9.28. The minimum Gasteiger partial charge on any atom is -0.411 e. The van der Waals surface area contributed by atoms with Crippen LogP contribution in [0.3, 0.4) is 0 Å². The molecule has 2 aromatic carbocycles. The predicted octanol–water partition coefficient (Wildman–Crippen LogP) is 4.07. The first-order chi connectivity index (χ1) is 10.9. The monoisotopic (exact) mass is 294 g/mol. The van der Waals surface area contributed by atoms with E-state index in [9.17, 15) is 5.21 Å². The Labute approximate surface area is 131 Å². The quantitative estimate of drug-likeness (QED) is 0.666. The number of rotatable bonds is 5. The van der Waals surface area contributed by atoms with Crippen LogP contribution in [0, 0.1) is 0 Å². The fourth-order valence-electron chi connectivity index (χ4n) is 3.23. The molecule has 0 aliphatic heterocycles. The van der Waals surface area contributed by atoms with Crippen LogP contribution in [0.4, 0.5) is 0 Å². The molecule has 1 fully saturated rings. The smallest absolute Gasteiger partial charge is 0.0742 e. The van der Waals surface area contributed by atoms with Crippen LogP contribution >= 0.6 is 0 Å². The molecule has 3 nitrogen and oxygen atoms in total. The molecule has 0 heterocycles. The maximum absolute atomic E-state index is 9.28. The van der Waals surface area contributed by atoms with Gasteiger partial charge in [-0.25, -0.2) is 0 Å². The molecule has 1 aliphatic rings. The van der Waals surface area contributed by atoms with E-state index in [0.717, 1.165) is 38.1 Å². The maximum Gasteiger partial charge on any atom is 0.0742 e. The van der Waals surface area contributed by atoms with Gasteiger partial charge in [-0.15, -0.1) is 0 Å². The molecule has 114 valence electrons. The molecule has 0 amide bonds. The van der Waals surface area contributed by atoms with Gasteiger partial charge in [0, 0.05) is 13.1 Å². The zero-order valence-corrected chi connectivity index (χ0v) is 12.7. The molecule has 3 heteroatoms. The third kappa shape index (κ3) is 3.55. The second kappa shape index (κ2) is 7.23. The van der Waals surface area contributed by atoms with Crippen LogP contribution < -0.4 is 0 Å². The van der Waals surface area contributed by atoms with E-state index in [-0.39, 0.29) is 6.04 Å². The lowest BCUT2D eigenvalue weighted by Gasteiger charge is -2.29. The molecular weight excluding hydrogens is 272 g/mol. The summed E-state index contributed by atoms with van der Waals surface area (Å²) in [5.41, 5.74) is 3.51. The lowest BCUT2D eigenvalue weighted by Crippen LogP contribution is -2.37. The summed E-state index contributed by atoms with van der Waals surface area (Å²) < 4.78 is 0. The van der Waals surface area contributed by atoms with Crippen LogP contribution in [-0.2, 0) is 13.1 Å². The van der Waals surface area contributed by atoms with Crippen molar-refractivity contribution >= 4 is 5.71 Å². The highest BCUT2D eigenvalue weighted by atomic mass is 16.4. The molecule has 22 heavy (non-hydrogen) atoms. The number of hydrogen-bond donors (Lipinski definition) is 1.